The van der Waals surface area contributed by atoms with Gasteiger partial charge in [-0.2, -0.15) is 0 Å². The Hall–Kier alpha value is -1.45. The van der Waals surface area contributed by atoms with E-state index in [0.29, 0.717) is 0 Å². The van der Waals surface area contributed by atoms with Crippen LogP contribution in [0.1, 0.15) is 0 Å². The fraction of sp³-hybridized carbons (Fsp3) is 0.167. The van der Waals surface area contributed by atoms with E-state index in [-0.39, 0.29) is 5.96 Å². The molecule has 0 atom stereocenters. The van der Waals surface area contributed by atoms with Crippen LogP contribution in [0, 0.1) is 0 Å². The molecule has 0 aromatic carbocycles. The van der Waals surface area contributed by atoms with Gasteiger partial charge >= 0.3 is 0 Å². The third-order valence-electron chi connectivity index (χ3n) is 1.04. The van der Waals surface area contributed by atoms with Gasteiger partial charge in [0, 0.05) is 6.20 Å². The predicted octanol–water partition coefficient (Wildman–Crippen LogP) is -0.440. The molecule has 0 aromatic heterocycles. The van der Waals surface area contributed by atoms with Gasteiger partial charge in [-0.25, -0.2) is 0 Å². The molecule has 1 heterocycles. The van der Waals surface area contributed by atoms with Crippen molar-refractivity contribution >= 4 is 5.96 Å². The average molecular weight is 138 g/mol. The van der Waals surface area contributed by atoms with E-state index >= 15 is 0 Å². The first-order valence-electron chi connectivity index (χ1n) is 2.98. The summed E-state index contributed by atoms with van der Waals surface area (Å²) < 4.78 is 0. The second-order valence-corrected chi connectivity index (χ2v) is 1.92. The number of nitrogens with two attached hydrogens (primary N) is 2. The summed E-state index contributed by atoms with van der Waals surface area (Å²) in [4.78, 5) is 0. The van der Waals surface area contributed by atoms with E-state index in [1.807, 2.05) is 18.2 Å². The van der Waals surface area contributed by atoms with Gasteiger partial charge in [0.25, 0.3) is 0 Å². The molecule has 0 radical (unpaired) electrons. The lowest BCUT2D eigenvalue weighted by molar-refractivity contribution is 0.438. The van der Waals surface area contributed by atoms with E-state index in [0.717, 1.165) is 6.54 Å². The van der Waals surface area contributed by atoms with E-state index in [4.69, 9.17) is 11.5 Å². The molecule has 1 aliphatic rings. The second kappa shape index (κ2) is 2.91. The number of nitrogens with zero attached hydrogens (tertiary/aromatic N) is 2. The van der Waals surface area contributed by atoms with Crippen molar-refractivity contribution in [3.63, 3.8) is 0 Å². The number of hydrogen-bond acceptors (Lipinski definition) is 2. The highest BCUT2D eigenvalue weighted by Gasteiger charge is 1.94. The van der Waals surface area contributed by atoms with Crippen molar-refractivity contribution in [3.05, 3.63) is 24.4 Å². The van der Waals surface area contributed by atoms with Crippen LogP contribution < -0.4 is 11.5 Å². The summed E-state index contributed by atoms with van der Waals surface area (Å²) in [7, 11) is 0. The van der Waals surface area contributed by atoms with E-state index < -0.39 is 0 Å². The molecule has 0 saturated heterocycles. The fourth-order valence-electron chi connectivity index (χ4n) is 0.680. The summed E-state index contributed by atoms with van der Waals surface area (Å²) in [6, 6.07) is 0. The maximum Gasteiger partial charge on any atom is 0.209 e. The van der Waals surface area contributed by atoms with Gasteiger partial charge in [-0.15, -0.1) is 5.10 Å². The topological polar surface area (TPSA) is 67.6 Å². The fourth-order valence-corrected chi connectivity index (χ4v) is 0.680. The quantitative estimate of drug-likeness (QED) is 0.381. The molecule has 0 spiro atoms. The van der Waals surface area contributed by atoms with Crippen LogP contribution in [0.15, 0.2) is 29.5 Å². The normalized spacial score (nSPS) is 15.4. The molecule has 0 unspecified atom stereocenters. The Bertz CT molecular complexity index is 188. The number of allylic oxidation sites excluding steroid dienone is 2. The van der Waals surface area contributed by atoms with Crippen molar-refractivity contribution in [1.82, 2.24) is 5.01 Å². The minimum absolute atomic E-state index is 0.0833. The second-order valence-electron chi connectivity index (χ2n) is 1.92. The van der Waals surface area contributed by atoms with Crippen LogP contribution in [0.2, 0.25) is 0 Å². The first kappa shape index (κ1) is 6.67. The van der Waals surface area contributed by atoms with Gasteiger partial charge in [-0.1, -0.05) is 12.2 Å². The highest BCUT2D eigenvalue weighted by molar-refractivity contribution is 5.75. The van der Waals surface area contributed by atoms with Crippen molar-refractivity contribution < 1.29 is 0 Å². The van der Waals surface area contributed by atoms with Gasteiger partial charge in [-0.05, 0) is 6.08 Å². The minimum Gasteiger partial charge on any atom is -0.369 e. The summed E-state index contributed by atoms with van der Waals surface area (Å²) in [5, 5.41) is 5.47. The zero-order chi connectivity index (χ0) is 7.40. The maximum absolute atomic E-state index is 5.15. The molecule has 0 bridgehead atoms. The summed E-state index contributed by atoms with van der Waals surface area (Å²) in [5.41, 5.74) is 10.3. The van der Waals surface area contributed by atoms with Gasteiger partial charge in [0.15, 0.2) is 0 Å². The highest BCUT2D eigenvalue weighted by atomic mass is 15.5. The summed E-state index contributed by atoms with van der Waals surface area (Å²) >= 11 is 0. The molecule has 10 heavy (non-hydrogen) atoms. The standard InChI is InChI=1S/C6H10N4/c7-6(8)9-10-4-2-1-3-5-10/h1-4H,5H2,(H4,7,8,9). The maximum atomic E-state index is 5.15. The number of hydrazone groups is 1. The van der Waals surface area contributed by atoms with E-state index in [2.05, 4.69) is 5.10 Å². The molecular formula is C6H10N4. The van der Waals surface area contributed by atoms with Crippen molar-refractivity contribution in [2.45, 2.75) is 0 Å². The smallest absolute Gasteiger partial charge is 0.209 e. The minimum atomic E-state index is 0.0833. The Balaban J connectivity index is 2.52. The van der Waals surface area contributed by atoms with E-state index in [9.17, 15) is 0 Å². The van der Waals surface area contributed by atoms with E-state index in [1.54, 1.807) is 11.2 Å². The Morgan fingerprint density at radius 1 is 1.40 bits per heavy atom. The summed E-state index contributed by atoms with van der Waals surface area (Å²) in [5.74, 6) is 0.0833. The zero-order valence-corrected chi connectivity index (χ0v) is 5.57. The number of hydrogen-bond donors (Lipinski definition) is 2. The molecule has 4 nitrogen and oxygen atoms in total. The molecule has 54 valence electrons. The Morgan fingerprint density at radius 2 is 2.20 bits per heavy atom. The molecule has 0 fully saturated rings. The van der Waals surface area contributed by atoms with Crippen LogP contribution >= 0.6 is 0 Å². The van der Waals surface area contributed by atoms with Crippen molar-refractivity contribution in [2.75, 3.05) is 6.54 Å². The lowest BCUT2D eigenvalue weighted by Crippen LogP contribution is -2.27. The molecule has 0 aliphatic carbocycles. The van der Waals surface area contributed by atoms with Crippen LogP contribution in [0.5, 0.6) is 0 Å². The largest absolute Gasteiger partial charge is 0.369 e. The molecule has 1 aliphatic heterocycles. The molecule has 4 heteroatoms. The van der Waals surface area contributed by atoms with Gasteiger partial charge in [-0.3, -0.25) is 5.01 Å². The van der Waals surface area contributed by atoms with Crippen molar-refractivity contribution in [1.29, 1.82) is 0 Å². The van der Waals surface area contributed by atoms with Crippen LogP contribution in [0.25, 0.3) is 0 Å². The first-order valence-corrected chi connectivity index (χ1v) is 2.98. The first-order chi connectivity index (χ1) is 4.79. The Morgan fingerprint density at radius 3 is 2.70 bits per heavy atom. The van der Waals surface area contributed by atoms with Crippen LogP contribution in [0.4, 0.5) is 0 Å². The average Bonchev–Trinajstić information content (AvgIpc) is 1.88. The monoisotopic (exact) mass is 138 g/mol. The van der Waals surface area contributed by atoms with Crippen molar-refractivity contribution in [2.24, 2.45) is 16.6 Å². The van der Waals surface area contributed by atoms with Crippen LogP contribution in [0.3, 0.4) is 0 Å². The van der Waals surface area contributed by atoms with Crippen LogP contribution in [-0.4, -0.2) is 17.5 Å². The third-order valence-corrected chi connectivity index (χ3v) is 1.04. The van der Waals surface area contributed by atoms with E-state index in [1.165, 1.54) is 0 Å². The molecule has 0 saturated carbocycles. The number of guanidine groups is 1. The lowest BCUT2D eigenvalue weighted by atomic mass is 10.4. The zero-order valence-electron chi connectivity index (χ0n) is 5.57. The predicted molar refractivity (Wildman–Crippen MR) is 40.8 cm³/mol. The Labute approximate surface area is 59.5 Å². The SMILES string of the molecule is NC(N)=NN1C=CC=CC1. The number of rotatable bonds is 1. The highest BCUT2D eigenvalue weighted by Crippen LogP contribution is 1.97. The molecular weight excluding hydrogens is 128 g/mol. The molecule has 0 amide bonds. The molecule has 0 aromatic rings. The summed E-state index contributed by atoms with van der Waals surface area (Å²) in [6.07, 6.45) is 7.58. The third kappa shape index (κ3) is 1.81. The van der Waals surface area contributed by atoms with Crippen molar-refractivity contribution in [3.8, 4) is 0 Å². The van der Waals surface area contributed by atoms with Gasteiger partial charge in [0.05, 0.1) is 6.54 Å². The lowest BCUT2D eigenvalue weighted by Gasteiger charge is -2.13. The Kier molecular flexibility index (Phi) is 1.94. The van der Waals surface area contributed by atoms with Crippen LogP contribution in [-0.2, 0) is 0 Å². The summed E-state index contributed by atoms with van der Waals surface area (Å²) in [6.45, 7) is 0.731. The molecule has 4 N–H and O–H groups in total. The molecule has 1 rings (SSSR count). The van der Waals surface area contributed by atoms with Gasteiger partial charge < -0.3 is 11.5 Å². The van der Waals surface area contributed by atoms with Gasteiger partial charge in [0.1, 0.15) is 0 Å². The van der Waals surface area contributed by atoms with Gasteiger partial charge in [0.2, 0.25) is 5.96 Å².